The molecular formula is C19H29ClN2. The van der Waals surface area contributed by atoms with Gasteiger partial charge in [0.25, 0.3) is 0 Å². The molecule has 0 bridgehead atoms. The zero-order valence-electron chi connectivity index (χ0n) is 13.7. The molecule has 2 nitrogen and oxygen atoms in total. The third-order valence-electron chi connectivity index (χ3n) is 5.76. The number of halogens is 1. The first kappa shape index (κ1) is 16.1. The van der Waals surface area contributed by atoms with Crippen molar-refractivity contribution in [3.05, 3.63) is 29.8 Å². The molecule has 0 N–H and O–H groups in total. The van der Waals surface area contributed by atoms with Crippen molar-refractivity contribution in [2.75, 3.05) is 24.5 Å². The molecule has 0 amide bonds. The van der Waals surface area contributed by atoms with Gasteiger partial charge in [0.15, 0.2) is 0 Å². The molecule has 1 aliphatic heterocycles. The van der Waals surface area contributed by atoms with E-state index >= 15 is 0 Å². The molecule has 1 aromatic carbocycles. The summed E-state index contributed by atoms with van der Waals surface area (Å²) in [7, 11) is 0. The first-order valence-electron chi connectivity index (χ1n) is 8.92. The van der Waals surface area contributed by atoms with Crippen LogP contribution in [0.5, 0.6) is 0 Å². The number of para-hydroxylation sites is 1. The van der Waals surface area contributed by atoms with Gasteiger partial charge in [0, 0.05) is 37.4 Å². The molecule has 3 heteroatoms. The van der Waals surface area contributed by atoms with Crippen LogP contribution in [-0.2, 0) is 0 Å². The van der Waals surface area contributed by atoms with Crippen molar-refractivity contribution in [1.82, 2.24) is 4.90 Å². The zero-order valence-corrected chi connectivity index (χ0v) is 14.5. The smallest absolute Gasteiger partial charge is 0.0404 e. The predicted octanol–water partition coefficient (Wildman–Crippen LogP) is 4.44. The molecule has 1 heterocycles. The van der Waals surface area contributed by atoms with E-state index in [4.69, 9.17) is 0 Å². The Balaban J connectivity index is 0.00000144. The largest absolute Gasteiger partial charge is 0.366 e. The minimum atomic E-state index is 0. The number of nitrogens with zero attached hydrogens (tertiary/aromatic N) is 2. The van der Waals surface area contributed by atoms with Gasteiger partial charge >= 0.3 is 0 Å². The molecule has 1 unspecified atom stereocenters. The van der Waals surface area contributed by atoms with E-state index in [9.17, 15) is 0 Å². The Bertz CT molecular complexity index is 494. The van der Waals surface area contributed by atoms with Crippen LogP contribution in [-0.4, -0.2) is 36.6 Å². The predicted molar refractivity (Wildman–Crippen MR) is 96.3 cm³/mol. The summed E-state index contributed by atoms with van der Waals surface area (Å²) in [4.78, 5) is 5.41. The number of hydrogen-bond acceptors (Lipinski definition) is 2. The fraction of sp³-hybridized carbons (Fsp3) is 0.684. The Morgan fingerprint density at radius 2 is 1.68 bits per heavy atom. The highest BCUT2D eigenvalue weighted by Crippen LogP contribution is 2.40. The summed E-state index contributed by atoms with van der Waals surface area (Å²) in [5, 5.41) is 0. The molecular weight excluding hydrogens is 292 g/mol. The maximum Gasteiger partial charge on any atom is 0.0404 e. The van der Waals surface area contributed by atoms with Crippen LogP contribution in [0.4, 0.5) is 5.69 Å². The van der Waals surface area contributed by atoms with Gasteiger partial charge in [0.05, 0.1) is 0 Å². The van der Waals surface area contributed by atoms with Crippen molar-refractivity contribution in [1.29, 1.82) is 0 Å². The van der Waals surface area contributed by atoms with Gasteiger partial charge in [-0.15, -0.1) is 12.4 Å². The molecule has 22 heavy (non-hydrogen) atoms. The van der Waals surface area contributed by atoms with E-state index in [0.29, 0.717) is 6.04 Å². The van der Waals surface area contributed by atoms with Crippen LogP contribution in [0.2, 0.25) is 0 Å². The van der Waals surface area contributed by atoms with Gasteiger partial charge in [-0.1, -0.05) is 31.0 Å². The van der Waals surface area contributed by atoms with E-state index in [1.807, 2.05) is 0 Å². The SMILES string of the molecule is CC1CN(C2CC2)CCN1c1ccccc1C1CCCC1.Cl. The van der Waals surface area contributed by atoms with Crippen LogP contribution >= 0.6 is 12.4 Å². The lowest BCUT2D eigenvalue weighted by Gasteiger charge is -2.42. The Hall–Kier alpha value is -0.730. The lowest BCUT2D eigenvalue weighted by molar-refractivity contribution is 0.219. The molecule has 122 valence electrons. The Morgan fingerprint density at radius 3 is 2.36 bits per heavy atom. The van der Waals surface area contributed by atoms with Crippen molar-refractivity contribution in [2.24, 2.45) is 0 Å². The molecule has 4 rings (SSSR count). The molecule has 0 spiro atoms. The van der Waals surface area contributed by atoms with Crippen LogP contribution in [0.15, 0.2) is 24.3 Å². The molecule has 1 aromatic rings. The van der Waals surface area contributed by atoms with Crippen LogP contribution in [0.3, 0.4) is 0 Å². The number of anilines is 1. The van der Waals surface area contributed by atoms with Crippen LogP contribution in [0.1, 0.15) is 56.9 Å². The minimum Gasteiger partial charge on any atom is -0.366 e. The van der Waals surface area contributed by atoms with E-state index < -0.39 is 0 Å². The summed E-state index contributed by atoms with van der Waals surface area (Å²) in [6, 6.07) is 10.8. The average Bonchev–Trinajstić information content (AvgIpc) is 3.22. The van der Waals surface area contributed by atoms with Crippen molar-refractivity contribution in [3.63, 3.8) is 0 Å². The van der Waals surface area contributed by atoms with Crippen LogP contribution in [0, 0.1) is 0 Å². The fourth-order valence-corrected chi connectivity index (χ4v) is 4.45. The van der Waals surface area contributed by atoms with E-state index in [1.54, 1.807) is 5.56 Å². The van der Waals surface area contributed by atoms with Gasteiger partial charge in [0.2, 0.25) is 0 Å². The van der Waals surface area contributed by atoms with E-state index in [0.717, 1.165) is 12.0 Å². The van der Waals surface area contributed by atoms with Crippen molar-refractivity contribution in [3.8, 4) is 0 Å². The summed E-state index contributed by atoms with van der Waals surface area (Å²) in [6.45, 7) is 6.14. The minimum absolute atomic E-state index is 0. The highest BCUT2D eigenvalue weighted by Gasteiger charge is 2.35. The van der Waals surface area contributed by atoms with Gasteiger partial charge in [-0.2, -0.15) is 0 Å². The van der Waals surface area contributed by atoms with E-state index in [1.165, 1.54) is 63.8 Å². The van der Waals surface area contributed by atoms with E-state index in [2.05, 4.69) is 41.0 Å². The molecule has 3 aliphatic rings. The third kappa shape index (κ3) is 3.14. The van der Waals surface area contributed by atoms with Crippen LogP contribution < -0.4 is 4.90 Å². The lowest BCUT2D eigenvalue weighted by Crippen LogP contribution is -2.52. The van der Waals surface area contributed by atoms with Crippen LogP contribution in [0.25, 0.3) is 0 Å². The monoisotopic (exact) mass is 320 g/mol. The Morgan fingerprint density at radius 1 is 0.955 bits per heavy atom. The molecule has 1 atom stereocenters. The Labute approximate surface area is 141 Å². The summed E-state index contributed by atoms with van der Waals surface area (Å²) in [5.74, 6) is 0.815. The van der Waals surface area contributed by atoms with Gasteiger partial charge in [0.1, 0.15) is 0 Å². The topological polar surface area (TPSA) is 6.48 Å². The van der Waals surface area contributed by atoms with Crippen molar-refractivity contribution in [2.45, 2.75) is 63.5 Å². The summed E-state index contributed by atoms with van der Waals surface area (Å²) in [5.41, 5.74) is 3.16. The molecule has 2 aliphatic carbocycles. The van der Waals surface area contributed by atoms with E-state index in [-0.39, 0.29) is 12.4 Å². The molecule has 3 fully saturated rings. The molecule has 2 saturated carbocycles. The number of benzene rings is 1. The maximum atomic E-state index is 2.72. The third-order valence-corrected chi connectivity index (χ3v) is 5.76. The fourth-order valence-electron chi connectivity index (χ4n) is 4.45. The Kier molecular flexibility index (Phi) is 4.99. The standard InChI is InChI=1S/C19H28N2.ClH/c1-15-14-20(17-10-11-17)12-13-21(15)19-9-5-4-8-18(19)16-6-2-3-7-16;/h4-5,8-9,15-17H,2-3,6-7,10-14H2,1H3;1H. The summed E-state index contributed by atoms with van der Waals surface area (Å²) in [6.07, 6.45) is 8.51. The first-order valence-corrected chi connectivity index (χ1v) is 8.92. The molecule has 0 radical (unpaired) electrons. The second-order valence-electron chi connectivity index (χ2n) is 7.31. The summed E-state index contributed by atoms with van der Waals surface area (Å²) < 4.78 is 0. The van der Waals surface area contributed by atoms with Gasteiger partial charge in [-0.3, -0.25) is 4.90 Å². The number of piperazine rings is 1. The zero-order chi connectivity index (χ0) is 14.2. The highest BCUT2D eigenvalue weighted by molar-refractivity contribution is 5.85. The number of rotatable bonds is 3. The highest BCUT2D eigenvalue weighted by atomic mass is 35.5. The first-order chi connectivity index (χ1) is 10.3. The van der Waals surface area contributed by atoms with Crippen molar-refractivity contribution >= 4 is 18.1 Å². The second-order valence-corrected chi connectivity index (χ2v) is 7.31. The average molecular weight is 321 g/mol. The number of hydrogen-bond donors (Lipinski definition) is 0. The quantitative estimate of drug-likeness (QED) is 0.812. The normalized spacial score (nSPS) is 27.0. The molecule has 0 aromatic heterocycles. The lowest BCUT2D eigenvalue weighted by atomic mass is 9.94. The van der Waals surface area contributed by atoms with Gasteiger partial charge < -0.3 is 4.90 Å². The van der Waals surface area contributed by atoms with Gasteiger partial charge in [-0.05, 0) is 50.2 Å². The van der Waals surface area contributed by atoms with Crippen molar-refractivity contribution < 1.29 is 0 Å². The molecule has 1 saturated heterocycles. The maximum absolute atomic E-state index is 2.72. The van der Waals surface area contributed by atoms with Gasteiger partial charge in [-0.25, -0.2) is 0 Å². The summed E-state index contributed by atoms with van der Waals surface area (Å²) >= 11 is 0. The second kappa shape index (κ2) is 6.80.